The first-order valence-electron chi connectivity index (χ1n) is 5.91. The van der Waals surface area contributed by atoms with Gasteiger partial charge in [-0.15, -0.1) is 0 Å². The molecule has 1 aliphatic carbocycles. The Morgan fingerprint density at radius 3 is 2.87 bits per heavy atom. The summed E-state index contributed by atoms with van der Waals surface area (Å²) < 4.78 is 0. The maximum absolute atomic E-state index is 3.96. The molecule has 1 aromatic heterocycles. The van der Waals surface area contributed by atoms with Crippen LogP contribution in [0.3, 0.4) is 0 Å². The number of rotatable bonds is 5. The number of hydrogen-bond donors (Lipinski definition) is 1. The standard InChI is InChI=1S/C12H19N3/c1-2-7-13-12(10-4-3-5-10)11-6-8-14-15-9-11/h6,8-10,12-13H,2-5,7H2,1H3. The third-order valence-corrected chi connectivity index (χ3v) is 3.20. The Bertz CT molecular complexity index is 282. The summed E-state index contributed by atoms with van der Waals surface area (Å²) >= 11 is 0. The Morgan fingerprint density at radius 1 is 1.47 bits per heavy atom. The van der Waals surface area contributed by atoms with Crippen molar-refractivity contribution in [2.75, 3.05) is 6.54 Å². The van der Waals surface area contributed by atoms with E-state index in [-0.39, 0.29) is 0 Å². The molecule has 1 N–H and O–H groups in total. The first kappa shape index (κ1) is 10.6. The highest BCUT2D eigenvalue weighted by atomic mass is 15.1. The highest BCUT2D eigenvalue weighted by Gasteiger charge is 2.27. The highest BCUT2D eigenvalue weighted by Crippen LogP contribution is 2.37. The first-order chi connectivity index (χ1) is 7.42. The second kappa shape index (κ2) is 5.21. The number of nitrogens with zero attached hydrogens (tertiary/aromatic N) is 2. The minimum atomic E-state index is 0.495. The van der Waals surface area contributed by atoms with Crippen LogP contribution in [0.4, 0.5) is 0 Å². The van der Waals surface area contributed by atoms with Crippen molar-refractivity contribution >= 4 is 0 Å². The fourth-order valence-corrected chi connectivity index (χ4v) is 2.11. The molecule has 0 aliphatic heterocycles. The summed E-state index contributed by atoms with van der Waals surface area (Å²) in [7, 11) is 0. The van der Waals surface area contributed by atoms with E-state index in [9.17, 15) is 0 Å². The first-order valence-corrected chi connectivity index (χ1v) is 5.91. The van der Waals surface area contributed by atoms with Crippen LogP contribution in [-0.4, -0.2) is 16.7 Å². The second-order valence-electron chi connectivity index (χ2n) is 4.30. The molecule has 0 saturated heterocycles. The quantitative estimate of drug-likeness (QED) is 0.801. The molecule has 0 spiro atoms. The maximum atomic E-state index is 3.96. The van der Waals surface area contributed by atoms with Crippen LogP contribution in [0, 0.1) is 5.92 Å². The van der Waals surface area contributed by atoms with Gasteiger partial charge in [-0.1, -0.05) is 13.3 Å². The van der Waals surface area contributed by atoms with Gasteiger partial charge in [0.15, 0.2) is 0 Å². The van der Waals surface area contributed by atoms with Crippen LogP contribution < -0.4 is 5.32 Å². The van der Waals surface area contributed by atoms with Crippen molar-refractivity contribution in [1.29, 1.82) is 0 Å². The van der Waals surface area contributed by atoms with Crippen molar-refractivity contribution in [1.82, 2.24) is 15.5 Å². The van der Waals surface area contributed by atoms with Gasteiger partial charge >= 0.3 is 0 Å². The molecule has 2 rings (SSSR count). The third-order valence-electron chi connectivity index (χ3n) is 3.20. The molecule has 15 heavy (non-hydrogen) atoms. The molecule has 1 fully saturated rings. The van der Waals surface area contributed by atoms with Gasteiger partial charge in [-0.25, -0.2) is 0 Å². The van der Waals surface area contributed by atoms with E-state index in [1.165, 1.54) is 31.2 Å². The Labute approximate surface area is 91.3 Å². The highest BCUT2D eigenvalue weighted by molar-refractivity contribution is 5.13. The number of hydrogen-bond acceptors (Lipinski definition) is 3. The van der Waals surface area contributed by atoms with E-state index in [0.29, 0.717) is 6.04 Å². The minimum absolute atomic E-state index is 0.495. The van der Waals surface area contributed by atoms with Crippen LogP contribution in [0.5, 0.6) is 0 Å². The lowest BCUT2D eigenvalue weighted by Gasteiger charge is -2.34. The molecule has 3 nitrogen and oxygen atoms in total. The van der Waals surface area contributed by atoms with Gasteiger partial charge in [0.2, 0.25) is 0 Å². The van der Waals surface area contributed by atoms with Crippen molar-refractivity contribution < 1.29 is 0 Å². The minimum Gasteiger partial charge on any atom is -0.310 e. The molecule has 1 aliphatic rings. The van der Waals surface area contributed by atoms with Gasteiger partial charge < -0.3 is 5.32 Å². The lowest BCUT2D eigenvalue weighted by atomic mass is 9.77. The largest absolute Gasteiger partial charge is 0.310 e. The average molecular weight is 205 g/mol. The summed E-state index contributed by atoms with van der Waals surface area (Å²) in [4.78, 5) is 0. The van der Waals surface area contributed by atoms with Crippen LogP contribution in [0.15, 0.2) is 18.5 Å². The lowest BCUT2D eigenvalue weighted by Crippen LogP contribution is -2.32. The Kier molecular flexibility index (Phi) is 3.67. The molecule has 0 radical (unpaired) electrons. The van der Waals surface area contributed by atoms with Crippen molar-refractivity contribution in [3.63, 3.8) is 0 Å². The zero-order chi connectivity index (χ0) is 10.5. The van der Waals surface area contributed by atoms with E-state index in [2.05, 4.69) is 28.5 Å². The van der Waals surface area contributed by atoms with Gasteiger partial charge in [0.05, 0.1) is 6.20 Å². The lowest BCUT2D eigenvalue weighted by molar-refractivity contribution is 0.230. The zero-order valence-electron chi connectivity index (χ0n) is 9.32. The van der Waals surface area contributed by atoms with E-state index in [4.69, 9.17) is 0 Å². The van der Waals surface area contributed by atoms with Gasteiger partial charge in [0, 0.05) is 12.2 Å². The smallest absolute Gasteiger partial charge is 0.0544 e. The van der Waals surface area contributed by atoms with Crippen LogP contribution in [0.25, 0.3) is 0 Å². The fourth-order valence-electron chi connectivity index (χ4n) is 2.11. The summed E-state index contributed by atoms with van der Waals surface area (Å²) in [6, 6.07) is 2.58. The van der Waals surface area contributed by atoms with Crippen molar-refractivity contribution in [3.05, 3.63) is 24.0 Å². The van der Waals surface area contributed by atoms with Gasteiger partial charge in [-0.3, -0.25) is 0 Å². The molecule has 82 valence electrons. The Hall–Kier alpha value is -0.960. The topological polar surface area (TPSA) is 37.8 Å². The molecule has 1 unspecified atom stereocenters. The molecule has 1 atom stereocenters. The molecule has 1 aromatic rings. The number of nitrogens with one attached hydrogen (secondary N) is 1. The van der Waals surface area contributed by atoms with Crippen molar-refractivity contribution in [2.24, 2.45) is 5.92 Å². The summed E-state index contributed by atoms with van der Waals surface area (Å²) in [6.45, 7) is 3.29. The van der Waals surface area contributed by atoms with Gasteiger partial charge in [0.25, 0.3) is 0 Å². The summed E-state index contributed by atoms with van der Waals surface area (Å²) in [5, 5.41) is 11.4. The van der Waals surface area contributed by atoms with Gasteiger partial charge in [-0.05, 0) is 43.4 Å². The molecule has 1 heterocycles. The molecule has 1 saturated carbocycles. The molecule has 3 heteroatoms. The summed E-state index contributed by atoms with van der Waals surface area (Å²) in [5.74, 6) is 0.806. The number of aromatic nitrogens is 2. The molecule has 0 aromatic carbocycles. The van der Waals surface area contributed by atoms with Crippen LogP contribution in [-0.2, 0) is 0 Å². The summed E-state index contributed by atoms with van der Waals surface area (Å²) in [6.07, 6.45) is 8.95. The zero-order valence-corrected chi connectivity index (χ0v) is 9.32. The van der Waals surface area contributed by atoms with Gasteiger partial charge in [0.1, 0.15) is 0 Å². The Balaban J connectivity index is 2.04. The monoisotopic (exact) mass is 205 g/mol. The van der Waals surface area contributed by atoms with Crippen molar-refractivity contribution in [3.8, 4) is 0 Å². The van der Waals surface area contributed by atoms with Crippen molar-refractivity contribution in [2.45, 2.75) is 38.6 Å². The SMILES string of the molecule is CCCNC(c1ccnnc1)C1CCC1. The summed E-state index contributed by atoms with van der Waals surface area (Å²) in [5.41, 5.74) is 1.29. The van der Waals surface area contributed by atoms with E-state index in [1.807, 2.05) is 6.20 Å². The second-order valence-corrected chi connectivity index (χ2v) is 4.30. The molecule has 0 amide bonds. The molecular formula is C12H19N3. The molecule has 0 bridgehead atoms. The average Bonchev–Trinajstić information content (AvgIpc) is 2.22. The Morgan fingerprint density at radius 2 is 2.33 bits per heavy atom. The maximum Gasteiger partial charge on any atom is 0.0544 e. The van der Waals surface area contributed by atoms with Gasteiger partial charge in [-0.2, -0.15) is 10.2 Å². The third kappa shape index (κ3) is 2.53. The normalized spacial score (nSPS) is 18.5. The van der Waals surface area contributed by atoms with E-state index in [0.717, 1.165) is 12.5 Å². The van der Waals surface area contributed by atoms with E-state index in [1.54, 1.807) is 6.20 Å². The predicted octanol–water partition coefficient (Wildman–Crippen LogP) is 2.32. The predicted molar refractivity (Wildman–Crippen MR) is 60.4 cm³/mol. The van der Waals surface area contributed by atoms with E-state index < -0.39 is 0 Å². The van der Waals surface area contributed by atoms with E-state index >= 15 is 0 Å². The fraction of sp³-hybridized carbons (Fsp3) is 0.667. The van der Waals surface area contributed by atoms with Crippen LogP contribution >= 0.6 is 0 Å². The van der Waals surface area contributed by atoms with Crippen LogP contribution in [0.2, 0.25) is 0 Å². The molecular weight excluding hydrogens is 186 g/mol. The van der Waals surface area contributed by atoms with Crippen LogP contribution in [0.1, 0.15) is 44.2 Å².